The molecule has 2 aromatic carbocycles. The standard InChI is InChI=1S/C15H10ClNOS/c16-9-4-5-13-11(8-9)17-7-6-12(18)10-2-1-3-14(19-13)15(10)17/h1-5,8H,6-7H2. The van der Waals surface area contributed by atoms with Gasteiger partial charge in [0.2, 0.25) is 0 Å². The molecule has 0 saturated carbocycles. The van der Waals surface area contributed by atoms with E-state index in [2.05, 4.69) is 11.0 Å². The third-order valence-electron chi connectivity index (χ3n) is 3.56. The lowest BCUT2D eigenvalue weighted by atomic mass is 9.99. The molecule has 4 heteroatoms. The van der Waals surface area contributed by atoms with Crippen LogP contribution in [0.5, 0.6) is 0 Å². The smallest absolute Gasteiger partial charge is 0.166 e. The van der Waals surface area contributed by atoms with Gasteiger partial charge in [-0.05, 0) is 30.3 Å². The van der Waals surface area contributed by atoms with E-state index >= 15 is 0 Å². The van der Waals surface area contributed by atoms with E-state index in [1.807, 2.05) is 30.3 Å². The van der Waals surface area contributed by atoms with Gasteiger partial charge in [0, 0.05) is 33.3 Å². The Kier molecular flexibility index (Phi) is 2.41. The van der Waals surface area contributed by atoms with Gasteiger partial charge in [-0.25, -0.2) is 0 Å². The van der Waals surface area contributed by atoms with Gasteiger partial charge in [-0.15, -0.1) is 0 Å². The number of fused-ring (bicyclic) bond motifs is 2. The second kappa shape index (κ2) is 4.02. The molecule has 0 unspecified atom stereocenters. The Hall–Kier alpha value is -1.45. The Morgan fingerprint density at radius 2 is 2.05 bits per heavy atom. The number of carbonyl (C=O) groups is 1. The van der Waals surface area contributed by atoms with Gasteiger partial charge < -0.3 is 4.90 Å². The second-order valence-electron chi connectivity index (χ2n) is 4.69. The molecule has 0 N–H and O–H groups in total. The molecular weight excluding hydrogens is 278 g/mol. The normalized spacial score (nSPS) is 16.1. The lowest BCUT2D eigenvalue weighted by molar-refractivity contribution is 0.0981. The molecule has 0 bridgehead atoms. The van der Waals surface area contributed by atoms with Crippen LogP contribution in [0.4, 0.5) is 11.4 Å². The van der Waals surface area contributed by atoms with Crippen LogP contribution < -0.4 is 4.90 Å². The summed E-state index contributed by atoms with van der Waals surface area (Å²) in [7, 11) is 0. The van der Waals surface area contributed by atoms with Crippen molar-refractivity contribution in [3.8, 4) is 0 Å². The van der Waals surface area contributed by atoms with Gasteiger partial charge in [0.1, 0.15) is 0 Å². The summed E-state index contributed by atoms with van der Waals surface area (Å²) in [6, 6.07) is 11.9. The Labute approximate surface area is 120 Å². The average molecular weight is 288 g/mol. The molecule has 2 heterocycles. The Balaban J connectivity index is 1.99. The first-order chi connectivity index (χ1) is 9.24. The predicted octanol–water partition coefficient (Wildman–Crippen LogP) is 4.53. The Bertz CT molecular complexity index is 713. The van der Waals surface area contributed by atoms with Crippen LogP contribution in [0.1, 0.15) is 16.8 Å². The van der Waals surface area contributed by atoms with Gasteiger partial charge in [-0.3, -0.25) is 4.79 Å². The number of anilines is 2. The van der Waals surface area contributed by atoms with Crippen LogP contribution in [0.15, 0.2) is 46.2 Å². The topological polar surface area (TPSA) is 20.3 Å². The summed E-state index contributed by atoms with van der Waals surface area (Å²) in [6.07, 6.45) is 0.563. The van der Waals surface area contributed by atoms with Gasteiger partial charge in [0.25, 0.3) is 0 Å². The number of rotatable bonds is 0. The van der Waals surface area contributed by atoms with Crippen molar-refractivity contribution < 1.29 is 4.79 Å². The van der Waals surface area contributed by atoms with E-state index in [0.717, 1.165) is 33.4 Å². The highest BCUT2D eigenvalue weighted by Crippen LogP contribution is 2.51. The van der Waals surface area contributed by atoms with Gasteiger partial charge in [0.05, 0.1) is 11.4 Å². The summed E-state index contributed by atoms with van der Waals surface area (Å²) in [4.78, 5) is 16.6. The molecule has 0 aromatic heterocycles. The molecule has 2 aliphatic rings. The third kappa shape index (κ3) is 1.62. The Morgan fingerprint density at radius 3 is 2.95 bits per heavy atom. The summed E-state index contributed by atoms with van der Waals surface area (Å²) in [6.45, 7) is 0.733. The highest BCUT2D eigenvalue weighted by Gasteiger charge is 2.31. The number of ketones is 1. The molecule has 2 aromatic rings. The molecule has 0 aliphatic carbocycles. The summed E-state index contributed by atoms with van der Waals surface area (Å²) < 4.78 is 0. The minimum Gasteiger partial charge on any atom is -0.339 e. The fraction of sp³-hybridized carbons (Fsp3) is 0.133. The van der Waals surface area contributed by atoms with Crippen LogP contribution in [-0.2, 0) is 0 Å². The average Bonchev–Trinajstić information content (AvgIpc) is 2.42. The van der Waals surface area contributed by atoms with Gasteiger partial charge in [-0.2, -0.15) is 0 Å². The minimum absolute atomic E-state index is 0.235. The number of hydrogen-bond acceptors (Lipinski definition) is 3. The van der Waals surface area contributed by atoms with E-state index < -0.39 is 0 Å². The number of nitrogens with zero attached hydrogens (tertiary/aromatic N) is 1. The van der Waals surface area contributed by atoms with Crippen molar-refractivity contribution in [2.45, 2.75) is 16.2 Å². The molecule has 4 rings (SSSR count). The minimum atomic E-state index is 0.235. The van der Waals surface area contributed by atoms with Crippen LogP contribution in [0.2, 0.25) is 5.02 Å². The monoisotopic (exact) mass is 287 g/mol. The molecule has 94 valence electrons. The maximum Gasteiger partial charge on any atom is 0.166 e. The van der Waals surface area contributed by atoms with Gasteiger partial charge >= 0.3 is 0 Å². The molecule has 0 fully saturated rings. The summed E-state index contributed by atoms with van der Waals surface area (Å²) in [5.41, 5.74) is 3.00. The van der Waals surface area contributed by atoms with E-state index in [9.17, 15) is 4.79 Å². The van der Waals surface area contributed by atoms with Crippen molar-refractivity contribution in [3.05, 3.63) is 47.0 Å². The largest absolute Gasteiger partial charge is 0.339 e. The predicted molar refractivity (Wildman–Crippen MR) is 78.0 cm³/mol. The lowest BCUT2D eigenvalue weighted by Crippen LogP contribution is -2.30. The van der Waals surface area contributed by atoms with Crippen molar-refractivity contribution in [2.75, 3.05) is 11.4 Å². The SMILES string of the molecule is O=C1CCN2c3cc(Cl)ccc3Sc3cccc1c32. The fourth-order valence-electron chi connectivity index (χ4n) is 2.72. The zero-order valence-electron chi connectivity index (χ0n) is 10.0. The van der Waals surface area contributed by atoms with Gasteiger partial charge in [0.15, 0.2) is 5.78 Å². The first kappa shape index (κ1) is 11.4. The lowest BCUT2D eigenvalue weighted by Gasteiger charge is -2.36. The number of benzene rings is 2. The molecule has 0 amide bonds. The molecular formula is C15H10ClNOS. The number of halogens is 1. The van der Waals surface area contributed by atoms with E-state index in [1.54, 1.807) is 11.8 Å². The highest BCUT2D eigenvalue weighted by atomic mass is 35.5. The molecule has 2 aliphatic heterocycles. The van der Waals surface area contributed by atoms with E-state index in [1.165, 1.54) is 4.90 Å². The number of hydrogen-bond donors (Lipinski definition) is 0. The Morgan fingerprint density at radius 1 is 1.16 bits per heavy atom. The van der Waals surface area contributed by atoms with Crippen molar-refractivity contribution in [1.82, 2.24) is 0 Å². The van der Waals surface area contributed by atoms with Crippen LogP contribution >= 0.6 is 23.4 Å². The van der Waals surface area contributed by atoms with E-state index in [0.29, 0.717) is 6.42 Å². The fourth-order valence-corrected chi connectivity index (χ4v) is 3.99. The molecule has 19 heavy (non-hydrogen) atoms. The molecule has 0 radical (unpaired) electrons. The maximum absolute atomic E-state index is 12.0. The summed E-state index contributed by atoms with van der Waals surface area (Å²) in [5, 5.41) is 0.734. The van der Waals surface area contributed by atoms with Crippen LogP contribution in [-0.4, -0.2) is 12.3 Å². The van der Waals surface area contributed by atoms with Crippen LogP contribution in [0, 0.1) is 0 Å². The van der Waals surface area contributed by atoms with E-state index in [4.69, 9.17) is 11.6 Å². The zero-order chi connectivity index (χ0) is 13.0. The summed E-state index contributed by atoms with van der Waals surface area (Å²) in [5.74, 6) is 0.235. The maximum atomic E-state index is 12.0. The van der Waals surface area contributed by atoms with Crippen molar-refractivity contribution in [1.29, 1.82) is 0 Å². The third-order valence-corrected chi connectivity index (χ3v) is 4.91. The zero-order valence-corrected chi connectivity index (χ0v) is 11.6. The van der Waals surface area contributed by atoms with Crippen LogP contribution in [0.25, 0.3) is 0 Å². The van der Waals surface area contributed by atoms with Crippen molar-refractivity contribution in [2.24, 2.45) is 0 Å². The van der Waals surface area contributed by atoms with E-state index in [-0.39, 0.29) is 5.78 Å². The second-order valence-corrected chi connectivity index (χ2v) is 6.21. The number of carbonyl (C=O) groups excluding carboxylic acids is 1. The number of para-hydroxylation sites is 1. The first-order valence-corrected chi connectivity index (χ1v) is 7.34. The first-order valence-electron chi connectivity index (χ1n) is 6.15. The molecule has 0 saturated heterocycles. The van der Waals surface area contributed by atoms with Crippen molar-refractivity contribution >= 4 is 40.5 Å². The summed E-state index contributed by atoms with van der Waals surface area (Å²) >= 11 is 7.82. The molecule has 2 nitrogen and oxygen atoms in total. The van der Waals surface area contributed by atoms with Gasteiger partial charge in [-0.1, -0.05) is 29.4 Å². The quantitative estimate of drug-likeness (QED) is 0.710. The molecule has 0 spiro atoms. The van der Waals surface area contributed by atoms with Crippen LogP contribution in [0.3, 0.4) is 0 Å². The molecule has 0 atom stereocenters. The number of Topliss-reactive ketones (excluding diaryl/α,β-unsaturated/α-hetero) is 1. The highest BCUT2D eigenvalue weighted by molar-refractivity contribution is 7.99. The van der Waals surface area contributed by atoms with Crippen molar-refractivity contribution in [3.63, 3.8) is 0 Å².